The number of nitrogens with zero attached hydrogens (tertiary/aromatic N) is 3. The number of carbonyl (C=O) groups is 1. The summed E-state index contributed by atoms with van der Waals surface area (Å²) in [5.74, 6) is 0.942. The molecule has 0 unspecified atom stereocenters. The average molecular weight is 483 g/mol. The zero-order valence-electron chi connectivity index (χ0n) is 19.5. The van der Waals surface area contributed by atoms with Crippen LogP contribution in [0.4, 0.5) is 0 Å². The normalized spacial score (nSPS) is 11.3. The number of fused-ring (bicyclic) bond motifs is 2. The second-order valence-corrected chi connectivity index (χ2v) is 7.74. The van der Waals surface area contributed by atoms with Crippen molar-refractivity contribution in [3.05, 3.63) is 88.7 Å². The number of ether oxygens (including phenoxy) is 3. The number of aromatic nitrogens is 2. The van der Waals surface area contributed by atoms with Gasteiger partial charge in [-0.15, -0.1) is 0 Å². The number of rotatable bonds is 7. The van der Waals surface area contributed by atoms with Crippen LogP contribution in [0.3, 0.4) is 0 Å². The number of furan rings is 1. The lowest BCUT2D eigenvalue weighted by molar-refractivity contribution is -0.142. The van der Waals surface area contributed by atoms with E-state index in [0.717, 1.165) is 5.39 Å². The van der Waals surface area contributed by atoms with Crippen LogP contribution in [-0.4, -0.2) is 42.7 Å². The zero-order valence-corrected chi connectivity index (χ0v) is 19.5. The number of hydrogen-bond acceptors (Lipinski definition) is 8. The topological polar surface area (TPSA) is 105 Å². The third-order valence-electron chi connectivity index (χ3n) is 5.48. The molecule has 0 saturated heterocycles. The van der Waals surface area contributed by atoms with Crippen molar-refractivity contribution in [2.75, 3.05) is 20.8 Å². The molecule has 0 aliphatic heterocycles. The van der Waals surface area contributed by atoms with Crippen molar-refractivity contribution in [3.8, 4) is 23.1 Å². The van der Waals surface area contributed by atoms with Crippen LogP contribution in [0.5, 0.6) is 11.5 Å². The molecule has 180 valence electrons. The molecule has 3 aromatic carbocycles. The van der Waals surface area contributed by atoms with E-state index in [-0.39, 0.29) is 18.0 Å². The predicted molar refractivity (Wildman–Crippen MR) is 135 cm³/mol. The van der Waals surface area contributed by atoms with Gasteiger partial charge in [0.25, 0.3) is 5.56 Å². The Balaban J connectivity index is 1.57. The Morgan fingerprint density at radius 1 is 1.03 bits per heavy atom. The van der Waals surface area contributed by atoms with Gasteiger partial charge in [-0.05, 0) is 48.0 Å². The molecular weight excluding hydrogens is 462 g/mol. The number of carbonyl (C=O) groups excluding carboxylic acids is 1. The van der Waals surface area contributed by atoms with Crippen LogP contribution in [0.1, 0.15) is 5.56 Å². The van der Waals surface area contributed by atoms with Gasteiger partial charge in [0.15, 0.2) is 23.9 Å². The van der Waals surface area contributed by atoms with Crippen LogP contribution in [0, 0.1) is 0 Å². The molecule has 0 aliphatic carbocycles. The second-order valence-electron chi connectivity index (χ2n) is 7.74. The summed E-state index contributed by atoms with van der Waals surface area (Å²) >= 11 is 0. The smallest absolute Gasteiger partial charge is 0.343 e. The molecule has 0 fully saturated rings. The Kier molecular flexibility index (Phi) is 6.19. The number of esters is 1. The zero-order chi connectivity index (χ0) is 25.1. The first-order valence-electron chi connectivity index (χ1n) is 11.0. The van der Waals surface area contributed by atoms with E-state index in [1.165, 1.54) is 25.1 Å². The van der Waals surface area contributed by atoms with Crippen LogP contribution >= 0.6 is 0 Å². The van der Waals surface area contributed by atoms with Crippen molar-refractivity contribution in [3.63, 3.8) is 0 Å². The molecule has 0 amide bonds. The highest BCUT2D eigenvalue weighted by Gasteiger charge is 2.16. The van der Waals surface area contributed by atoms with Crippen molar-refractivity contribution in [1.82, 2.24) is 9.66 Å². The van der Waals surface area contributed by atoms with Crippen LogP contribution in [0.15, 0.2) is 87.1 Å². The molecular formula is C27H21N3O6. The molecule has 0 bridgehead atoms. The highest BCUT2D eigenvalue weighted by molar-refractivity contribution is 5.85. The molecule has 2 heterocycles. The van der Waals surface area contributed by atoms with Gasteiger partial charge in [0.1, 0.15) is 5.58 Å². The van der Waals surface area contributed by atoms with Gasteiger partial charge in [0, 0.05) is 5.39 Å². The Hall–Kier alpha value is -4.92. The summed E-state index contributed by atoms with van der Waals surface area (Å²) in [4.78, 5) is 29.5. The third kappa shape index (κ3) is 4.41. The lowest BCUT2D eigenvalue weighted by atomic mass is 10.2. The minimum Gasteiger partial charge on any atom is -0.493 e. The van der Waals surface area contributed by atoms with Gasteiger partial charge in [-0.1, -0.05) is 30.3 Å². The molecule has 9 heteroatoms. The van der Waals surface area contributed by atoms with Gasteiger partial charge in [0.05, 0.1) is 31.3 Å². The largest absolute Gasteiger partial charge is 0.493 e. The predicted octanol–water partition coefficient (Wildman–Crippen LogP) is 4.25. The van der Waals surface area contributed by atoms with Crippen LogP contribution in [0.2, 0.25) is 0 Å². The van der Waals surface area contributed by atoms with E-state index in [4.69, 9.17) is 13.9 Å². The molecule has 9 nitrogen and oxygen atoms in total. The molecule has 0 atom stereocenters. The number of hydrogen-bond donors (Lipinski definition) is 0. The van der Waals surface area contributed by atoms with Crippen molar-refractivity contribution >= 4 is 34.1 Å². The molecule has 36 heavy (non-hydrogen) atoms. The second kappa shape index (κ2) is 9.75. The molecule has 0 radical (unpaired) electrons. The van der Waals surface area contributed by atoms with Gasteiger partial charge in [0.2, 0.25) is 5.82 Å². The SMILES string of the molecule is COC(=O)COc1ccc(C=Nn2c(-c3cc4ccccc4o3)nc3ccccc3c2=O)cc1OC. The highest BCUT2D eigenvalue weighted by Crippen LogP contribution is 2.29. The lowest BCUT2D eigenvalue weighted by Gasteiger charge is -2.10. The third-order valence-corrected chi connectivity index (χ3v) is 5.48. The maximum absolute atomic E-state index is 13.4. The van der Waals surface area contributed by atoms with Gasteiger partial charge in [-0.2, -0.15) is 9.78 Å². The highest BCUT2D eigenvalue weighted by atomic mass is 16.6. The summed E-state index contributed by atoms with van der Waals surface area (Å²) < 4.78 is 22.6. The number of para-hydroxylation sites is 2. The average Bonchev–Trinajstić information content (AvgIpc) is 3.35. The molecule has 5 aromatic rings. The summed E-state index contributed by atoms with van der Waals surface area (Å²) in [7, 11) is 2.77. The molecule has 5 rings (SSSR count). The lowest BCUT2D eigenvalue weighted by Crippen LogP contribution is -2.20. The van der Waals surface area contributed by atoms with Gasteiger partial charge < -0.3 is 18.6 Å². The fourth-order valence-corrected chi connectivity index (χ4v) is 3.69. The molecule has 2 aromatic heterocycles. The Morgan fingerprint density at radius 3 is 2.64 bits per heavy atom. The van der Waals surface area contributed by atoms with E-state index < -0.39 is 5.97 Å². The summed E-state index contributed by atoms with van der Waals surface area (Å²) in [5, 5.41) is 5.77. The monoisotopic (exact) mass is 483 g/mol. The van der Waals surface area contributed by atoms with Gasteiger partial charge in [-0.3, -0.25) is 4.79 Å². The van der Waals surface area contributed by atoms with Crippen LogP contribution < -0.4 is 15.0 Å². The molecule has 0 saturated carbocycles. The first-order valence-corrected chi connectivity index (χ1v) is 11.0. The van der Waals surface area contributed by atoms with E-state index >= 15 is 0 Å². The van der Waals surface area contributed by atoms with Gasteiger partial charge in [-0.25, -0.2) is 9.78 Å². The summed E-state index contributed by atoms with van der Waals surface area (Å²) in [5.41, 5.74) is 1.51. The number of methoxy groups -OCH3 is 2. The minimum atomic E-state index is -0.510. The molecule has 0 N–H and O–H groups in total. The summed E-state index contributed by atoms with van der Waals surface area (Å²) in [6.07, 6.45) is 1.51. The van der Waals surface area contributed by atoms with Crippen molar-refractivity contribution in [2.24, 2.45) is 5.10 Å². The van der Waals surface area contributed by atoms with Crippen LogP contribution in [-0.2, 0) is 9.53 Å². The van der Waals surface area contributed by atoms with E-state index in [9.17, 15) is 9.59 Å². The van der Waals surface area contributed by atoms with E-state index in [1.807, 2.05) is 36.4 Å². The first-order chi connectivity index (χ1) is 17.6. The quantitative estimate of drug-likeness (QED) is 0.252. The van der Waals surface area contributed by atoms with E-state index in [2.05, 4.69) is 14.8 Å². The van der Waals surface area contributed by atoms with Crippen LogP contribution in [0.25, 0.3) is 33.5 Å². The van der Waals surface area contributed by atoms with Crippen molar-refractivity contribution < 1.29 is 23.4 Å². The van der Waals surface area contributed by atoms with Gasteiger partial charge >= 0.3 is 5.97 Å². The Labute approximate surface area is 205 Å². The minimum absolute atomic E-state index is 0.251. The fraction of sp³-hybridized carbons (Fsp3) is 0.111. The van der Waals surface area contributed by atoms with Crippen molar-refractivity contribution in [1.29, 1.82) is 0 Å². The maximum Gasteiger partial charge on any atom is 0.343 e. The summed E-state index contributed by atoms with van der Waals surface area (Å²) in [6.45, 7) is -0.251. The summed E-state index contributed by atoms with van der Waals surface area (Å²) in [6, 6.07) is 21.5. The van der Waals surface area contributed by atoms with E-state index in [1.54, 1.807) is 36.4 Å². The Morgan fingerprint density at radius 2 is 1.83 bits per heavy atom. The Bertz CT molecular complexity index is 1630. The molecule has 0 spiro atoms. The standard InChI is InChI=1S/C27H21N3O6/c1-33-23-13-17(11-12-22(23)35-16-25(31)34-2)15-28-30-26(24-14-18-7-3-6-10-21(18)36-24)29-20-9-5-4-8-19(20)27(30)32/h3-15H,16H2,1-2H3. The first kappa shape index (κ1) is 22.9. The fourth-order valence-electron chi connectivity index (χ4n) is 3.69. The van der Waals surface area contributed by atoms with E-state index in [0.29, 0.717) is 39.3 Å². The number of benzene rings is 3. The molecule has 0 aliphatic rings. The maximum atomic E-state index is 13.4. The van der Waals surface area contributed by atoms with Crippen molar-refractivity contribution in [2.45, 2.75) is 0 Å².